The van der Waals surface area contributed by atoms with Gasteiger partial charge in [0.05, 0.1) is 0 Å². The van der Waals surface area contributed by atoms with Gasteiger partial charge in [0.15, 0.2) is 11.8 Å². The number of aryl methyl sites for hydroxylation is 1. The van der Waals surface area contributed by atoms with Gasteiger partial charge in [0, 0.05) is 31.1 Å². The van der Waals surface area contributed by atoms with E-state index in [1.807, 2.05) is 12.1 Å². The molecule has 3 rings (SSSR count). The van der Waals surface area contributed by atoms with Crippen molar-refractivity contribution in [3.63, 3.8) is 0 Å². The number of hydrogen-bond donors (Lipinski definition) is 3. The smallest absolute Gasteiger partial charge is 0.191 e. The minimum Gasteiger partial charge on any atom is -0.356 e. The maximum atomic E-state index is 4.37. The number of aliphatic imine (C=N–C) groups is 1. The number of nitrogens with zero attached hydrogens (tertiary/aromatic N) is 3. The molecule has 160 valence electrons. The van der Waals surface area contributed by atoms with Gasteiger partial charge in [-0.1, -0.05) is 63.2 Å². The first-order chi connectivity index (χ1) is 14.0. The lowest BCUT2D eigenvalue weighted by atomic mass is 9.84. The van der Waals surface area contributed by atoms with E-state index in [9.17, 15) is 0 Å². The molecule has 6 nitrogen and oxygen atoms in total. The summed E-state index contributed by atoms with van der Waals surface area (Å²) in [4.78, 5) is 8.58. The first-order valence-corrected chi connectivity index (χ1v) is 10.0. The van der Waals surface area contributed by atoms with E-state index in [0.717, 1.165) is 35.9 Å². The Morgan fingerprint density at radius 2 is 1.83 bits per heavy atom. The number of rotatable bonds is 7. The molecule has 0 saturated heterocycles. The quantitative estimate of drug-likeness (QED) is 0.248. The number of nitrogens with one attached hydrogen (secondary N) is 3. The highest BCUT2D eigenvalue weighted by atomic mass is 127. The molecule has 3 aromatic rings. The fourth-order valence-corrected chi connectivity index (χ4v) is 3.18. The molecule has 0 aliphatic heterocycles. The number of guanidine groups is 1. The standard InChI is InChI=1S/C23H30N6.HI/c1-5-17-9-11-20(12-10-17)23(2,3)15-26-22(24-4)25-14-18-7-6-8-19(13-18)21-27-16-28-29-21;/h6-13,16H,5,14-15H2,1-4H3,(H2,24,25,26)(H,27,28,29);1H. The largest absolute Gasteiger partial charge is 0.356 e. The summed E-state index contributed by atoms with van der Waals surface area (Å²) >= 11 is 0. The van der Waals surface area contributed by atoms with E-state index >= 15 is 0 Å². The average molecular weight is 518 g/mol. The van der Waals surface area contributed by atoms with Crippen LogP contribution < -0.4 is 10.6 Å². The summed E-state index contributed by atoms with van der Waals surface area (Å²) in [7, 11) is 1.79. The van der Waals surface area contributed by atoms with Gasteiger partial charge in [0.25, 0.3) is 0 Å². The van der Waals surface area contributed by atoms with Crippen molar-refractivity contribution in [3.8, 4) is 11.4 Å². The Labute approximate surface area is 196 Å². The third kappa shape index (κ3) is 6.29. The summed E-state index contributed by atoms with van der Waals surface area (Å²) in [5.41, 5.74) is 4.84. The van der Waals surface area contributed by atoms with Crippen molar-refractivity contribution in [1.82, 2.24) is 25.8 Å². The predicted octanol–water partition coefficient (Wildman–Crippen LogP) is 4.29. The topological polar surface area (TPSA) is 78.0 Å². The van der Waals surface area contributed by atoms with Crippen molar-refractivity contribution in [1.29, 1.82) is 0 Å². The van der Waals surface area contributed by atoms with Crippen LogP contribution in [0.25, 0.3) is 11.4 Å². The Bertz CT molecular complexity index is 933. The van der Waals surface area contributed by atoms with Gasteiger partial charge >= 0.3 is 0 Å². The van der Waals surface area contributed by atoms with E-state index in [1.165, 1.54) is 17.5 Å². The van der Waals surface area contributed by atoms with E-state index < -0.39 is 0 Å². The molecular weight excluding hydrogens is 487 g/mol. The SMILES string of the molecule is CCc1ccc(C(C)(C)CNC(=NC)NCc2cccc(-c3ncn[nH]3)c2)cc1.I. The molecule has 0 radical (unpaired) electrons. The summed E-state index contributed by atoms with van der Waals surface area (Å²) < 4.78 is 0. The lowest BCUT2D eigenvalue weighted by Crippen LogP contribution is -2.43. The molecule has 1 aromatic heterocycles. The van der Waals surface area contributed by atoms with Gasteiger partial charge in [0.1, 0.15) is 6.33 Å². The zero-order valence-corrected chi connectivity index (χ0v) is 20.4. The number of hydrogen-bond acceptors (Lipinski definition) is 3. The molecule has 7 heteroatoms. The van der Waals surface area contributed by atoms with Crippen molar-refractivity contribution in [2.45, 2.75) is 39.2 Å². The summed E-state index contributed by atoms with van der Waals surface area (Å²) in [6.45, 7) is 8.13. The summed E-state index contributed by atoms with van der Waals surface area (Å²) in [6, 6.07) is 17.1. The molecule has 0 saturated carbocycles. The van der Waals surface area contributed by atoms with Crippen molar-refractivity contribution < 1.29 is 0 Å². The minimum atomic E-state index is -0.00387. The van der Waals surface area contributed by atoms with E-state index in [4.69, 9.17) is 0 Å². The second kappa shape index (κ2) is 11.1. The molecule has 0 fully saturated rings. The third-order valence-electron chi connectivity index (χ3n) is 5.14. The highest BCUT2D eigenvalue weighted by Gasteiger charge is 2.20. The second-order valence-corrected chi connectivity index (χ2v) is 7.75. The fourth-order valence-electron chi connectivity index (χ4n) is 3.18. The van der Waals surface area contributed by atoms with Crippen molar-refractivity contribution in [3.05, 3.63) is 71.5 Å². The summed E-state index contributed by atoms with van der Waals surface area (Å²) in [5.74, 6) is 1.55. The van der Waals surface area contributed by atoms with Crippen LogP contribution in [0.4, 0.5) is 0 Å². The maximum absolute atomic E-state index is 4.37. The molecule has 2 aromatic carbocycles. The predicted molar refractivity (Wildman–Crippen MR) is 134 cm³/mol. The van der Waals surface area contributed by atoms with Gasteiger partial charge in [-0.05, 0) is 29.2 Å². The zero-order valence-electron chi connectivity index (χ0n) is 18.1. The molecule has 0 aliphatic carbocycles. The van der Waals surface area contributed by atoms with E-state index in [-0.39, 0.29) is 29.4 Å². The molecule has 0 aliphatic rings. The summed E-state index contributed by atoms with van der Waals surface area (Å²) in [5, 5.41) is 13.7. The molecule has 30 heavy (non-hydrogen) atoms. The maximum Gasteiger partial charge on any atom is 0.191 e. The van der Waals surface area contributed by atoms with Crippen LogP contribution in [0.2, 0.25) is 0 Å². The van der Waals surface area contributed by atoms with Gasteiger partial charge in [-0.25, -0.2) is 4.98 Å². The van der Waals surface area contributed by atoms with Crippen LogP contribution in [-0.2, 0) is 18.4 Å². The Morgan fingerprint density at radius 1 is 1.07 bits per heavy atom. The number of H-pyrrole nitrogens is 1. The lowest BCUT2D eigenvalue weighted by molar-refractivity contribution is 0.508. The van der Waals surface area contributed by atoms with Gasteiger partial charge in [-0.15, -0.1) is 24.0 Å². The molecule has 1 heterocycles. The third-order valence-corrected chi connectivity index (χ3v) is 5.14. The zero-order chi connectivity index (χ0) is 20.7. The monoisotopic (exact) mass is 518 g/mol. The second-order valence-electron chi connectivity index (χ2n) is 7.75. The van der Waals surface area contributed by atoms with Crippen molar-refractivity contribution >= 4 is 29.9 Å². The van der Waals surface area contributed by atoms with E-state index in [1.54, 1.807) is 7.05 Å². The van der Waals surface area contributed by atoms with Gasteiger partial charge in [0.2, 0.25) is 0 Å². The molecule has 0 unspecified atom stereocenters. The highest BCUT2D eigenvalue weighted by Crippen LogP contribution is 2.23. The number of benzene rings is 2. The van der Waals surface area contributed by atoms with Crippen molar-refractivity contribution in [2.24, 2.45) is 4.99 Å². The normalized spacial score (nSPS) is 11.7. The molecule has 3 N–H and O–H groups in total. The van der Waals surface area contributed by atoms with Gasteiger partial charge in [-0.3, -0.25) is 10.1 Å². The lowest BCUT2D eigenvalue weighted by Gasteiger charge is -2.27. The fraction of sp³-hybridized carbons (Fsp3) is 0.348. The van der Waals surface area contributed by atoms with Crippen LogP contribution >= 0.6 is 24.0 Å². The molecular formula is C23H31IN6. The highest BCUT2D eigenvalue weighted by molar-refractivity contribution is 14.0. The van der Waals surface area contributed by atoms with Gasteiger partial charge < -0.3 is 10.6 Å². The average Bonchev–Trinajstić information content (AvgIpc) is 3.29. The number of aromatic amines is 1. The minimum absolute atomic E-state index is 0. The van der Waals surface area contributed by atoms with Crippen LogP contribution in [-0.4, -0.2) is 34.7 Å². The van der Waals surface area contributed by atoms with Crippen LogP contribution in [0.1, 0.15) is 37.5 Å². The molecule has 0 spiro atoms. The summed E-state index contributed by atoms with van der Waals surface area (Å²) in [6.07, 6.45) is 2.58. The Hall–Kier alpha value is -2.42. The van der Waals surface area contributed by atoms with Crippen LogP contribution in [0.15, 0.2) is 59.9 Å². The number of halogens is 1. The number of aromatic nitrogens is 3. The molecule has 0 bridgehead atoms. The van der Waals surface area contributed by atoms with Crippen molar-refractivity contribution in [2.75, 3.05) is 13.6 Å². The Morgan fingerprint density at radius 3 is 2.47 bits per heavy atom. The molecule has 0 amide bonds. The first kappa shape index (κ1) is 23.9. The van der Waals surface area contributed by atoms with E-state index in [0.29, 0.717) is 6.54 Å². The first-order valence-electron chi connectivity index (χ1n) is 10.0. The van der Waals surface area contributed by atoms with Crippen LogP contribution in [0, 0.1) is 0 Å². The van der Waals surface area contributed by atoms with Crippen LogP contribution in [0.3, 0.4) is 0 Å². The van der Waals surface area contributed by atoms with Crippen LogP contribution in [0.5, 0.6) is 0 Å². The Balaban J connectivity index is 0.00000320. The Kier molecular flexibility index (Phi) is 8.83. The van der Waals surface area contributed by atoms with Gasteiger partial charge in [-0.2, -0.15) is 5.10 Å². The molecule has 0 atom stereocenters. The van der Waals surface area contributed by atoms with E-state index in [2.05, 4.69) is 88.0 Å².